The average molecular weight is 391 g/mol. The Morgan fingerprint density at radius 3 is 2.78 bits per heavy atom. The van der Waals surface area contributed by atoms with Gasteiger partial charge in [-0.25, -0.2) is 9.78 Å². The maximum absolute atomic E-state index is 12.5. The molecule has 2 aromatic heterocycles. The Hall–Kier alpha value is -1.99. The molecule has 2 heterocycles. The predicted molar refractivity (Wildman–Crippen MR) is 105 cm³/mol. The molecule has 7 heteroatoms. The number of pyridine rings is 1. The number of fused-ring (bicyclic) bond motifs is 2. The van der Waals surface area contributed by atoms with E-state index in [9.17, 15) is 14.7 Å². The minimum Gasteiger partial charge on any atom is -0.467 e. The molecule has 1 aliphatic rings. The summed E-state index contributed by atoms with van der Waals surface area (Å²) in [5.74, 6) is -0.460. The summed E-state index contributed by atoms with van der Waals surface area (Å²) in [5.41, 5.74) is 2.65. The lowest BCUT2D eigenvalue weighted by Gasteiger charge is -2.34. The van der Waals surface area contributed by atoms with Crippen molar-refractivity contribution in [3.8, 4) is 0 Å². The van der Waals surface area contributed by atoms with Crippen LogP contribution < -0.4 is 5.32 Å². The SMILES string of the molecule is COC(=O)C(CO)NC(=O)c1cc2cc3c(nc2s1)CCC(C(C)(C)C)C3. The molecule has 0 saturated carbocycles. The number of amides is 1. The molecule has 0 saturated heterocycles. The lowest BCUT2D eigenvalue weighted by atomic mass is 9.71. The Morgan fingerprint density at radius 2 is 2.15 bits per heavy atom. The lowest BCUT2D eigenvalue weighted by molar-refractivity contribution is -0.143. The number of hydrogen-bond acceptors (Lipinski definition) is 6. The summed E-state index contributed by atoms with van der Waals surface area (Å²) >= 11 is 1.30. The number of aryl methyl sites for hydroxylation is 1. The monoisotopic (exact) mass is 390 g/mol. The largest absolute Gasteiger partial charge is 0.467 e. The van der Waals surface area contributed by atoms with Crippen LogP contribution in [0.25, 0.3) is 10.2 Å². The fraction of sp³-hybridized carbons (Fsp3) is 0.550. The van der Waals surface area contributed by atoms with E-state index in [1.54, 1.807) is 6.07 Å². The first kappa shape index (κ1) is 19.8. The Bertz CT molecular complexity index is 869. The molecule has 27 heavy (non-hydrogen) atoms. The van der Waals surface area contributed by atoms with Gasteiger partial charge < -0.3 is 15.2 Å². The summed E-state index contributed by atoms with van der Waals surface area (Å²) in [6, 6.07) is 2.88. The Labute approximate surface area is 162 Å². The van der Waals surface area contributed by atoms with Gasteiger partial charge in [0.05, 0.1) is 18.6 Å². The van der Waals surface area contributed by atoms with Crippen molar-refractivity contribution in [2.45, 2.75) is 46.1 Å². The van der Waals surface area contributed by atoms with Crippen molar-refractivity contribution < 1.29 is 19.4 Å². The number of rotatable bonds is 4. The number of nitrogens with one attached hydrogen (secondary N) is 1. The second-order valence-corrected chi connectivity index (χ2v) is 9.17. The van der Waals surface area contributed by atoms with Crippen molar-refractivity contribution in [3.05, 3.63) is 28.3 Å². The topological polar surface area (TPSA) is 88.5 Å². The van der Waals surface area contributed by atoms with Gasteiger partial charge in [0.1, 0.15) is 4.83 Å². The van der Waals surface area contributed by atoms with E-state index >= 15 is 0 Å². The maximum atomic E-state index is 12.5. The molecule has 0 fully saturated rings. The molecule has 2 atom stereocenters. The molecule has 2 unspecified atom stereocenters. The summed E-state index contributed by atoms with van der Waals surface area (Å²) in [5, 5.41) is 12.7. The molecule has 3 rings (SSSR count). The zero-order valence-electron chi connectivity index (χ0n) is 16.2. The van der Waals surface area contributed by atoms with Crippen LogP contribution >= 0.6 is 11.3 Å². The minimum absolute atomic E-state index is 0.263. The minimum atomic E-state index is -1.07. The standard InChI is InChI=1S/C20H26N2O4S/c1-20(2,3)13-5-6-14-11(8-13)7-12-9-16(27-18(12)22-14)17(24)21-15(10-23)19(25)26-4/h7,9,13,15,23H,5-6,8,10H2,1-4H3,(H,21,24). The Morgan fingerprint density at radius 1 is 1.41 bits per heavy atom. The van der Waals surface area contributed by atoms with Crippen LogP contribution in [0.15, 0.2) is 12.1 Å². The van der Waals surface area contributed by atoms with Crippen LogP contribution in [0, 0.1) is 11.3 Å². The van der Waals surface area contributed by atoms with Crippen LogP contribution in [0.4, 0.5) is 0 Å². The van der Waals surface area contributed by atoms with Crippen LogP contribution in [0.5, 0.6) is 0 Å². The third-order valence-corrected chi connectivity index (χ3v) is 6.34. The van der Waals surface area contributed by atoms with E-state index in [0.29, 0.717) is 10.8 Å². The maximum Gasteiger partial charge on any atom is 0.330 e. The first-order valence-electron chi connectivity index (χ1n) is 9.14. The molecule has 1 aliphatic carbocycles. The quantitative estimate of drug-likeness (QED) is 0.784. The first-order valence-corrected chi connectivity index (χ1v) is 9.96. The van der Waals surface area contributed by atoms with Crippen LogP contribution in [0.1, 0.15) is 48.1 Å². The molecule has 6 nitrogen and oxygen atoms in total. The molecule has 0 radical (unpaired) electrons. The number of aromatic nitrogens is 1. The van der Waals surface area contributed by atoms with Crippen molar-refractivity contribution in [1.29, 1.82) is 0 Å². The van der Waals surface area contributed by atoms with Crippen molar-refractivity contribution in [3.63, 3.8) is 0 Å². The molecule has 0 spiro atoms. The van der Waals surface area contributed by atoms with Gasteiger partial charge in [-0.15, -0.1) is 11.3 Å². The summed E-state index contributed by atoms with van der Waals surface area (Å²) < 4.78 is 4.58. The number of methoxy groups -OCH3 is 1. The van der Waals surface area contributed by atoms with E-state index in [1.165, 1.54) is 24.0 Å². The van der Waals surface area contributed by atoms with Crippen molar-refractivity contribution >= 4 is 33.4 Å². The third-order valence-electron chi connectivity index (χ3n) is 5.30. The van der Waals surface area contributed by atoms with Crippen LogP contribution in [0.2, 0.25) is 0 Å². The molecular weight excluding hydrogens is 364 g/mol. The van der Waals surface area contributed by atoms with Crippen LogP contribution in [0.3, 0.4) is 0 Å². The molecular formula is C20H26N2O4S. The van der Waals surface area contributed by atoms with Crippen LogP contribution in [-0.4, -0.2) is 41.7 Å². The molecule has 2 aromatic rings. The van der Waals surface area contributed by atoms with Crippen molar-refractivity contribution in [2.24, 2.45) is 11.3 Å². The molecule has 0 aromatic carbocycles. The van der Waals surface area contributed by atoms with Gasteiger partial charge in [0, 0.05) is 11.1 Å². The number of aliphatic hydroxyl groups is 1. The highest BCUT2D eigenvalue weighted by molar-refractivity contribution is 7.20. The van der Waals surface area contributed by atoms with Gasteiger partial charge in [-0.1, -0.05) is 20.8 Å². The molecule has 0 bridgehead atoms. The summed E-state index contributed by atoms with van der Waals surface area (Å²) in [6.07, 6.45) is 3.10. The number of esters is 1. The van der Waals surface area contributed by atoms with E-state index in [0.717, 1.165) is 35.2 Å². The molecule has 146 valence electrons. The van der Waals surface area contributed by atoms with Gasteiger partial charge in [0.25, 0.3) is 5.91 Å². The van der Waals surface area contributed by atoms with Gasteiger partial charge in [0.2, 0.25) is 0 Å². The summed E-state index contributed by atoms with van der Waals surface area (Å²) in [4.78, 5) is 30.1. The lowest BCUT2D eigenvalue weighted by Crippen LogP contribution is -2.43. The van der Waals surface area contributed by atoms with Crippen molar-refractivity contribution in [2.75, 3.05) is 13.7 Å². The number of carbonyl (C=O) groups excluding carboxylic acids is 2. The smallest absolute Gasteiger partial charge is 0.330 e. The van der Waals surface area contributed by atoms with Gasteiger partial charge >= 0.3 is 5.97 Å². The van der Waals surface area contributed by atoms with Gasteiger partial charge in [-0.3, -0.25) is 4.79 Å². The number of thiophene rings is 1. The second kappa shape index (κ2) is 7.56. The van der Waals surface area contributed by atoms with Gasteiger partial charge in [-0.2, -0.15) is 0 Å². The Kier molecular flexibility index (Phi) is 5.53. The zero-order valence-corrected chi connectivity index (χ0v) is 17.0. The van der Waals surface area contributed by atoms with E-state index in [2.05, 4.69) is 36.9 Å². The fourth-order valence-electron chi connectivity index (χ4n) is 3.53. The highest BCUT2D eigenvalue weighted by Crippen LogP contribution is 2.38. The number of ether oxygens (including phenoxy) is 1. The van der Waals surface area contributed by atoms with E-state index in [4.69, 9.17) is 4.98 Å². The normalized spacial score (nSPS) is 18.0. The molecule has 0 aliphatic heterocycles. The van der Waals surface area contributed by atoms with Crippen molar-refractivity contribution in [1.82, 2.24) is 10.3 Å². The van der Waals surface area contributed by atoms with E-state index in [-0.39, 0.29) is 5.41 Å². The van der Waals surface area contributed by atoms with Gasteiger partial charge in [0.15, 0.2) is 6.04 Å². The van der Waals surface area contributed by atoms with Gasteiger partial charge in [-0.05, 0) is 48.3 Å². The number of nitrogens with zero attached hydrogens (tertiary/aromatic N) is 1. The summed E-state index contributed by atoms with van der Waals surface area (Å²) in [6.45, 7) is 6.33. The second-order valence-electron chi connectivity index (χ2n) is 8.14. The van der Waals surface area contributed by atoms with E-state index < -0.39 is 24.5 Å². The fourth-order valence-corrected chi connectivity index (χ4v) is 4.46. The Balaban J connectivity index is 1.84. The molecule has 2 N–H and O–H groups in total. The number of aliphatic hydroxyl groups excluding tert-OH is 1. The average Bonchev–Trinajstić information content (AvgIpc) is 3.05. The summed E-state index contributed by atoms with van der Waals surface area (Å²) in [7, 11) is 1.22. The van der Waals surface area contributed by atoms with E-state index in [1.807, 2.05) is 0 Å². The first-order chi connectivity index (χ1) is 12.7. The third kappa shape index (κ3) is 4.14. The highest BCUT2D eigenvalue weighted by Gasteiger charge is 2.30. The predicted octanol–water partition coefficient (Wildman–Crippen LogP) is 2.71. The zero-order chi connectivity index (χ0) is 19.8. The number of hydrogen-bond donors (Lipinski definition) is 2. The molecule has 1 amide bonds. The number of carbonyl (C=O) groups is 2. The highest BCUT2D eigenvalue weighted by atomic mass is 32.1. The van der Waals surface area contributed by atoms with Crippen LogP contribution in [-0.2, 0) is 22.4 Å².